The number of carbonyl (C=O) groups excluding carboxylic acids is 1. The van der Waals surface area contributed by atoms with Crippen molar-refractivity contribution in [1.82, 2.24) is 9.80 Å². The zero-order valence-electron chi connectivity index (χ0n) is 16.5. The van der Waals surface area contributed by atoms with Gasteiger partial charge in [-0.3, -0.25) is 9.69 Å². The van der Waals surface area contributed by atoms with Crippen LogP contribution in [-0.4, -0.2) is 34.8 Å². The first-order valence-corrected chi connectivity index (χ1v) is 10.4. The zero-order valence-corrected chi connectivity index (χ0v) is 16.5. The van der Waals surface area contributed by atoms with Gasteiger partial charge in [0.2, 0.25) is 5.91 Å². The Balaban J connectivity index is 1.64. The quantitative estimate of drug-likeness (QED) is 0.667. The number of likely N-dealkylation sites (tertiary alicyclic amines) is 1. The van der Waals surface area contributed by atoms with Gasteiger partial charge in [0.15, 0.2) is 0 Å². The Morgan fingerprint density at radius 1 is 0.963 bits per heavy atom. The van der Waals surface area contributed by atoms with Crippen LogP contribution in [0.4, 0.5) is 0 Å². The second kappa shape index (κ2) is 10.3. The summed E-state index contributed by atoms with van der Waals surface area (Å²) in [6, 6.07) is 21.6. The summed E-state index contributed by atoms with van der Waals surface area (Å²) in [5.41, 5.74) is 2.58. The molecule has 144 valence electrons. The van der Waals surface area contributed by atoms with Gasteiger partial charge in [0, 0.05) is 32.1 Å². The van der Waals surface area contributed by atoms with E-state index in [-0.39, 0.29) is 0 Å². The molecule has 0 bridgehead atoms. The molecule has 0 saturated carbocycles. The largest absolute Gasteiger partial charge is 0.338 e. The minimum Gasteiger partial charge on any atom is -0.338 e. The van der Waals surface area contributed by atoms with Crippen molar-refractivity contribution in [2.45, 2.75) is 58.2 Å². The summed E-state index contributed by atoms with van der Waals surface area (Å²) in [5, 5.41) is 0. The minimum atomic E-state index is 0.302. The molecule has 3 nitrogen and oxygen atoms in total. The van der Waals surface area contributed by atoms with Crippen molar-refractivity contribution in [1.29, 1.82) is 0 Å². The van der Waals surface area contributed by atoms with E-state index in [0.29, 0.717) is 18.4 Å². The van der Waals surface area contributed by atoms with Crippen LogP contribution in [0.3, 0.4) is 0 Å². The number of amides is 1. The zero-order chi connectivity index (χ0) is 18.9. The summed E-state index contributed by atoms with van der Waals surface area (Å²) in [7, 11) is 0. The lowest BCUT2D eigenvalue weighted by Gasteiger charge is -2.31. The standard InChI is InChI=1S/C24H32N2O/c1-2-3-17-25(19-21-10-6-4-7-11-21)23-14-15-24(27)26(18-16-23)20-22-12-8-5-9-13-22/h4-13,23H,2-3,14-20H2,1H3. The monoisotopic (exact) mass is 364 g/mol. The summed E-state index contributed by atoms with van der Waals surface area (Å²) in [6.45, 7) is 5.94. The number of nitrogens with zero attached hydrogens (tertiary/aromatic N) is 2. The summed E-state index contributed by atoms with van der Waals surface area (Å²) in [5.74, 6) is 0.302. The van der Waals surface area contributed by atoms with Crippen LogP contribution in [0.25, 0.3) is 0 Å². The number of rotatable bonds is 8. The van der Waals surface area contributed by atoms with E-state index >= 15 is 0 Å². The van der Waals surface area contributed by atoms with Gasteiger partial charge in [-0.05, 0) is 36.9 Å². The summed E-state index contributed by atoms with van der Waals surface area (Å²) >= 11 is 0. The van der Waals surface area contributed by atoms with Crippen LogP contribution in [0.15, 0.2) is 60.7 Å². The van der Waals surface area contributed by atoms with Crippen LogP contribution in [0.1, 0.15) is 50.2 Å². The summed E-state index contributed by atoms with van der Waals surface area (Å²) in [6.07, 6.45) is 5.12. The molecule has 0 aliphatic carbocycles. The second-order valence-electron chi connectivity index (χ2n) is 7.59. The van der Waals surface area contributed by atoms with Crippen LogP contribution < -0.4 is 0 Å². The molecule has 0 aromatic heterocycles. The van der Waals surface area contributed by atoms with Gasteiger partial charge in [0.1, 0.15) is 0 Å². The van der Waals surface area contributed by atoms with Crippen LogP contribution in [0.2, 0.25) is 0 Å². The molecule has 3 rings (SSSR count). The third kappa shape index (κ3) is 5.93. The molecule has 1 fully saturated rings. The van der Waals surface area contributed by atoms with E-state index < -0.39 is 0 Å². The molecule has 0 radical (unpaired) electrons. The Hall–Kier alpha value is -2.13. The highest BCUT2D eigenvalue weighted by atomic mass is 16.2. The molecule has 0 N–H and O–H groups in total. The normalized spacial score (nSPS) is 17.9. The van der Waals surface area contributed by atoms with Crippen molar-refractivity contribution in [3.05, 3.63) is 71.8 Å². The average Bonchev–Trinajstić information content (AvgIpc) is 2.89. The maximum Gasteiger partial charge on any atom is 0.222 e. The number of carbonyl (C=O) groups is 1. The Kier molecular flexibility index (Phi) is 7.46. The first kappa shape index (κ1) is 19.6. The molecule has 3 heteroatoms. The number of hydrogen-bond donors (Lipinski definition) is 0. The molecule has 2 aromatic rings. The highest BCUT2D eigenvalue weighted by Crippen LogP contribution is 2.22. The number of hydrogen-bond acceptors (Lipinski definition) is 2. The van der Waals surface area contributed by atoms with E-state index in [9.17, 15) is 4.79 Å². The van der Waals surface area contributed by atoms with Crippen molar-refractivity contribution in [3.63, 3.8) is 0 Å². The fraction of sp³-hybridized carbons (Fsp3) is 0.458. The van der Waals surface area contributed by atoms with Crippen molar-refractivity contribution in [2.75, 3.05) is 13.1 Å². The van der Waals surface area contributed by atoms with Gasteiger partial charge in [-0.2, -0.15) is 0 Å². The first-order chi connectivity index (χ1) is 13.3. The second-order valence-corrected chi connectivity index (χ2v) is 7.59. The minimum absolute atomic E-state index is 0.302. The smallest absolute Gasteiger partial charge is 0.222 e. The molecule has 1 atom stereocenters. The Morgan fingerprint density at radius 2 is 1.63 bits per heavy atom. The van der Waals surface area contributed by atoms with Gasteiger partial charge in [-0.25, -0.2) is 0 Å². The van der Waals surface area contributed by atoms with E-state index in [1.807, 2.05) is 18.2 Å². The molecule has 27 heavy (non-hydrogen) atoms. The molecule has 2 aromatic carbocycles. The Bertz CT molecular complexity index is 686. The highest BCUT2D eigenvalue weighted by Gasteiger charge is 2.26. The van der Waals surface area contributed by atoms with Crippen LogP contribution in [-0.2, 0) is 17.9 Å². The third-order valence-corrected chi connectivity index (χ3v) is 5.54. The lowest BCUT2D eigenvalue weighted by atomic mass is 10.1. The van der Waals surface area contributed by atoms with Crippen LogP contribution >= 0.6 is 0 Å². The predicted octanol–water partition coefficient (Wildman–Crippen LogP) is 4.87. The fourth-order valence-electron chi connectivity index (χ4n) is 3.93. The molecular weight excluding hydrogens is 332 g/mol. The number of unbranched alkanes of at least 4 members (excludes halogenated alkanes) is 1. The maximum atomic E-state index is 12.7. The van der Waals surface area contributed by atoms with E-state index in [0.717, 1.165) is 39.0 Å². The van der Waals surface area contributed by atoms with Gasteiger partial charge < -0.3 is 4.90 Å². The summed E-state index contributed by atoms with van der Waals surface area (Å²) < 4.78 is 0. The molecule has 1 unspecified atom stereocenters. The topological polar surface area (TPSA) is 23.6 Å². The lowest BCUT2D eigenvalue weighted by Crippen LogP contribution is -2.36. The molecular formula is C24H32N2O. The first-order valence-electron chi connectivity index (χ1n) is 10.4. The summed E-state index contributed by atoms with van der Waals surface area (Å²) in [4.78, 5) is 17.3. The van der Waals surface area contributed by atoms with Crippen molar-refractivity contribution in [2.24, 2.45) is 0 Å². The van der Waals surface area contributed by atoms with Crippen molar-refractivity contribution >= 4 is 5.91 Å². The van der Waals surface area contributed by atoms with Gasteiger partial charge in [-0.15, -0.1) is 0 Å². The van der Waals surface area contributed by atoms with E-state index in [2.05, 4.69) is 59.2 Å². The number of benzene rings is 2. The van der Waals surface area contributed by atoms with E-state index in [1.165, 1.54) is 24.0 Å². The predicted molar refractivity (Wildman–Crippen MR) is 111 cm³/mol. The fourth-order valence-corrected chi connectivity index (χ4v) is 3.93. The van der Waals surface area contributed by atoms with Crippen LogP contribution in [0, 0.1) is 0 Å². The van der Waals surface area contributed by atoms with Gasteiger partial charge in [-0.1, -0.05) is 74.0 Å². The molecule has 0 spiro atoms. The molecule has 1 heterocycles. The average molecular weight is 365 g/mol. The Labute approximate surface area is 164 Å². The molecule has 1 aliphatic rings. The van der Waals surface area contributed by atoms with Gasteiger partial charge >= 0.3 is 0 Å². The third-order valence-electron chi connectivity index (χ3n) is 5.54. The Morgan fingerprint density at radius 3 is 2.30 bits per heavy atom. The lowest BCUT2D eigenvalue weighted by molar-refractivity contribution is -0.131. The SMILES string of the molecule is CCCCN(Cc1ccccc1)C1CCC(=O)N(Cc2ccccc2)CC1. The van der Waals surface area contributed by atoms with E-state index in [1.54, 1.807) is 0 Å². The van der Waals surface area contributed by atoms with Crippen molar-refractivity contribution in [3.8, 4) is 0 Å². The van der Waals surface area contributed by atoms with Gasteiger partial charge in [0.25, 0.3) is 0 Å². The molecule has 1 aliphatic heterocycles. The highest BCUT2D eigenvalue weighted by molar-refractivity contribution is 5.76. The maximum absolute atomic E-state index is 12.7. The molecule has 1 amide bonds. The van der Waals surface area contributed by atoms with Gasteiger partial charge in [0.05, 0.1) is 0 Å². The van der Waals surface area contributed by atoms with Crippen LogP contribution in [0.5, 0.6) is 0 Å². The molecule has 1 saturated heterocycles. The van der Waals surface area contributed by atoms with E-state index in [4.69, 9.17) is 0 Å². The van der Waals surface area contributed by atoms with Crippen molar-refractivity contribution < 1.29 is 4.79 Å².